The van der Waals surface area contributed by atoms with E-state index in [9.17, 15) is 4.79 Å². The highest BCUT2D eigenvalue weighted by Gasteiger charge is 2.32. The Labute approximate surface area is 120 Å². The third kappa shape index (κ3) is 2.65. The van der Waals surface area contributed by atoms with Crippen molar-refractivity contribution in [3.8, 4) is 0 Å². The first kappa shape index (κ1) is 14.8. The van der Waals surface area contributed by atoms with Crippen molar-refractivity contribution < 1.29 is 4.79 Å². The summed E-state index contributed by atoms with van der Waals surface area (Å²) in [5.41, 5.74) is 7.86. The first-order chi connectivity index (χ1) is 9.45. The molecule has 1 aromatic heterocycles. The van der Waals surface area contributed by atoms with Crippen molar-refractivity contribution in [2.24, 2.45) is 0 Å². The second-order valence-corrected chi connectivity index (χ2v) is 5.72. The number of aromatic nitrogens is 2. The van der Waals surface area contributed by atoms with Crippen LogP contribution in [0.15, 0.2) is 0 Å². The molecule has 0 aliphatic carbocycles. The standard InChI is InChI=1S/C14H25N5O/c1-5-19-13(12(15)10(2)16-19)14(20)18-8-6-7-11(18)9-17(3)4/h11H,5-9,15H2,1-4H3. The summed E-state index contributed by atoms with van der Waals surface area (Å²) in [6.45, 7) is 6.18. The summed E-state index contributed by atoms with van der Waals surface area (Å²) in [5.74, 6) is 0.0225. The van der Waals surface area contributed by atoms with Crippen LogP contribution >= 0.6 is 0 Å². The topological polar surface area (TPSA) is 67.4 Å². The van der Waals surface area contributed by atoms with Gasteiger partial charge in [0.1, 0.15) is 5.69 Å². The molecule has 1 amide bonds. The molecule has 1 fully saturated rings. The van der Waals surface area contributed by atoms with Crippen LogP contribution in [0.3, 0.4) is 0 Å². The molecule has 1 aliphatic rings. The molecule has 0 radical (unpaired) electrons. The lowest BCUT2D eigenvalue weighted by molar-refractivity contribution is 0.0705. The summed E-state index contributed by atoms with van der Waals surface area (Å²) in [6, 6.07) is 0.275. The molecule has 2 N–H and O–H groups in total. The molecule has 0 aromatic carbocycles. The first-order valence-electron chi connectivity index (χ1n) is 7.24. The van der Waals surface area contributed by atoms with Crippen molar-refractivity contribution in [1.82, 2.24) is 19.6 Å². The van der Waals surface area contributed by atoms with Crippen molar-refractivity contribution in [2.75, 3.05) is 32.9 Å². The average Bonchev–Trinajstić information content (AvgIpc) is 2.94. The van der Waals surface area contributed by atoms with Crippen LogP contribution in [-0.4, -0.2) is 58.7 Å². The zero-order valence-corrected chi connectivity index (χ0v) is 12.9. The highest BCUT2D eigenvalue weighted by Crippen LogP contribution is 2.24. The minimum absolute atomic E-state index is 0.0225. The highest BCUT2D eigenvalue weighted by molar-refractivity contribution is 5.98. The summed E-state index contributed by atoms with van der Waals surface area (Å²) in [4.78, 5) is 16.9. The Balaban J connectivity index is 2.26. The van der Waals surface area contributed by atoms with E-state index in [4.69, 9.17) is 5.73 Å². The summed E-state index contributed by atoms with van der Waals surface area (Å²) in [6.07, 6.45) is 2.12. The summed E-state index contributed by atoms with van der Waals surface area (Å²) >= 11 is 0. The van der Waals surface area contributed by atoms with Crippen LogP contribution in [0, 0.1) is 6.92 Å². The van der Waals surface area contributed by atoms with Crippen molar-refractivity contribution in [1.29, 1.82) is 0 Å². The maximum absolute atomic E-state index is 12.8. The molecule has 1 atom stereocenters. The molecule has 0 bridgehead atoms. The normalized spacial score (nSPS) is 19.1. The number of hydrogen-bond acceptors (Lipinski definition) is 4. The van der Waals surface area contributed by atoms with Gasteiger partial charge in [0.2, 0.25) is 0 Å². The van der Waals surface area contributed by atoms with Gasteiger partial charge in [-0.3, -0.25) is 9.48 Å². The van der Waals surface area contributed by atoms with E-state index in [1.807, 2.05) is 32.8 Å². The predicted octanol–water partition coefficient (Wildman–Crippen LogP) is 0.960. The average molecular weight is 279 g/mol. The Morgan fingerprint density at radius 1 is 1.50 bits per heavy atom. The maximum Gasteiger partial charge on any atom is 0.274 e. The second-order valence-electron chi connectivity index (χ2n) is 5.72. The van der Waals surface area contributed by atoms with Gasteiger partial charge in [0.15, 0.2) is 0 Å². The van der Waals surface area contributed by atoms with Gasteiger partial charge in [0.25, 0.3) is 5.91 Å². The van der Waals surface area contributed by atoms with Crippen LogP contribution in [0.25, 0.3) is 0 Å². The number of carbonyl (C=O) groups excluding carboxylic acids is 1. The van der Waals surface area contributed by atoms with E-state index in [1.165, 1.54) is 0 Å². The zero-order chi connectivity index (χ0) is 14.9. The lowest BCUT2D eigenvalue weighted by Gasteiger charge is -2.27. The van der Waals surface area contributed by atoms with E-state index in [-0.39, 0.29) is 11.9 Å². The SMILES string of the molecule is CCn1nc(C)c(N)c1C(=O)N1CCCC1CN(C)C. The molecule has 112 valence electrons. The number of nitrogens with zero attached hydrogens (tertiary/aromatic N) is 4. The number of hydrogen-bond donors (Lipinski definition) is 1. The Hall–Kier alpha value is -1.56. The van der Waals surface area contributed by atoms with Gasteiger partial charge in [0.05, 0.1) is 11.4 Å². The van der Waals surface area contributed by atoms with E-state index >= 15 is 0 Å². The van der Waals surface area contributed by atoms with Gasteiger partial charge < -0.3 is 15.5 Å². The Morgan fingerprint density at radius 3 is 2.80 bits per heavy atom. The number of aryl methyl sites for hydroxylation is 2. The van der Waals surface area contributed by atoms with Crippen LogP contribution in [0.4, 0.5) is 5.69 Å². The fourth-order valence-electron chi connectivity index (χ4n) is 2.90. The Morgan fingerprint density at radius 2 is 2.20 bits per heavy atom. The number of nitrogens with two attached hydrogens (primary N) is 1. The van der Waals surface area contributed by atoms with Crippen LogP contribution < -0.4 is 5.73 Å². The first-order valence-corrected chi connectivity index (χ1v) is 7.24. The molecule has 1 aliphatic heterocycles. The number of anilines is 1. The van der Waals surface area contributed by atoms with E-state index in [2.05, 4.69) is 10.00 Å². The molecule has 1 unspecified atom stereocenters. The minimum Gasteiger partial charge on any atom is -0.395 e. The van der Waals surface area contributed by atoms with Crippen molar-refractivity contribution >= 4 is 11.6 Å². The van der Waals surface area contributed by atoms with Crippen LogP contribution in [-0.2, 0) is 6.54 Å². The number of nitrogen functional groups attached to an aromatic ring is 1. The van der Waals surface area contributed by atoms with Crippen molar-refractivity contribution in [2.45, 2.75) is 39.3 Å². The fraction of sp³-hybridized carbons (Fsp3) is 0.714. The van der Waals surface area contributed by atoms with E-state index < -0.39 is 0 Å². The second kappa shape index (κ2) is 5.83. The van der Waals surface area contributed by atoms with Crippen molar-refractivity contribution in [3.63, 3.8) is 0 Å². The third-order valence-electron chi connectivity index (χ3n) is 3.89. The molecule has 2 rings (SSSR count). The molecule has 0 saturated carbocycles. The fourth-order valence-corrected chi connectivity index (χ4v) is 2.90. The molecular formula is C14H25N5O. The maximum atomic E-state index is 12.8. The molecule has 6 heteroatoms. The van der Waals surface area contributed by atoms with Crippen LogP contribution in [0.2, 0.25) is 0 Å². The lowest BCUT2D eigenvalue weighted by atomic mass is 10.2. The lowest BCUT2D eigenvalue weighted by Crippen LogP contribution is -2.42. The van der Waals surface area contributed by atoms with Gasteiger partial charge in [-0.1, -0.05) is 0 Å². The van der Waals surface area contributed by atoms with Gasteiger partial charge in [-0.25, -0.2) is 0 Å². The van der Waals surface area contributed by atoms with Gasteiger partial charge in [-0.05, 0) is 40.8 Å². The number of carbonyl (C=O) groups is 1. The number of likely N-dealkylation sites (tertiary alicyclic amines) is 1. The summed E-state index contributed by atoms with van der Waals surface area (Å²) in [5, 5.41) is 4.34. The van der Waals surface area contributed by atoms with Crippen LogP contribution in [0.5, 0.6) is 0 Å². The Kier molecular flexibility index (Phi) is 4.32. The van der Waals surface area contributed by atoms with E-state index in [1.54, 1.807) is 4.68 Å². The molecule has 0 spiro atoms. The minimum atomic E-state index is 0.0225. The molecular weight excluding hydrogens is 254 g/mol. The largest absolute Gasteiger partial charge is 0.395 e. The molecule has 6 nitrogen and oxygen atoms in total. The predicted molar refractivity (Wildman–Crippen MR) is 79.7 cm³/mol. The van der Waals surface area contributed by atoms with Crippen molar-refractivity contribution in [3.05, 3.63) is 11.4 Å². The monoisotopic (exact) mass is 279 g/mol. The Bertz CT molecular complexity index is 494. The van der Waals surface area contributed by atoms with E-state index in [0.717, 1.165) is 31.6 Å². The van der Waals surface area contributed by atoms with Gasteiger partial charge in [-0.2, -0.15) is 5.10 Å². The molecule has 1 aromatic rings. The summed E-state index contributed by atoms with van der Waals surface area (Å²) < 4.78 is 1.72. The van der Waals surface area contributed by atoms with Gasteiger partial charge in [-0.15, -0.1) is 0 Å². The molecule has 2 heterocycles. The highest BCUT2D eigenvalue weighted by atomic mass is 16.2. The molecule has 20 heavy (non-hydrogen) atoms. The smallest absolute Gasteiger partial charge is 0.274 e. The number of rotatable bonds is 4. The zero-order valence-electron chi connectivity index (χ0n) is 12.9. The van der Waals surface area contributed by atoms with E-state index in [0.29, 0.717) is 17.9 Å². The molecule has 1 saturated heterocycles. The quantitative estimate of drug-likeness (QED) is 0.891. The number of likely N-dealkylation sites (N-methyl/N-ethyl adjacent to an activating group) is 1. The van der Waals surface area contributed by atoms with Crippen LogP contribution in [0.1, 0.15) is 35.9 Å². The summed E-state index contributed by atoms with van der Waals surface area (Å²) in [7, 11) is 4.07. The number of amides is 1. The third-order valence-corrected chi connectivity index (χ3v) is 3.89. The van der Waals surface area contributed by atoms with Gasteiger partial charge >= 0.3 is 0 Å². The van der Waals surface area contributed by atoms with Gasteiger partial charge in [0, 0.05) is 25.7 Å².